The van der Waals surface area contributed by atoms with Gasteiger partial charge >= 0.3 is 0 Å². The summed E-state index contributed by atoms with van der Waals surface area (Å²) < 4.78 is 10.4. The zero-order valence-corrected chi connectivity index (χ0v) is 13.2. The molecule has 3 nitrogen and oxygen atoms in total. The van der Waals surface area contributed by atoms with Gasteiger partial charge in [0.15, 0.2) is 5.78 Å². The maximum absolute atomic E-state index is 12.5. The lowest BCUT2D eigenvalue weighted by molar-refractivity contribution is 0.0993. The molecule has 3 heteroatoms. The Labute approximate surface area is 135 Å². The van der Waals surface area contributed by atoms with Crippen LogP contribution in [0.5, 0.6) is 11.5 Å². The van der Waals surface area contributed by atoms with E-state index in [1.807, 2.05) is 60.7 Å². The smallest absolute Gasteiger partial charge is 0.167 e. The molecule has 116 valence electrons. The van der Waals surface area contributed by atoms with Gasteiger partial charge in [-0.15, -0.1) is 0 Å². The number of rotatable bonds is 5. The number of hydrogen-bond donors (Lipinski definition) is 0. The van der Waals surface area contributed by atoms with Gasteiger partial charge < -0.3 is 9.47 Å². The van der Waals surface area contributed by atoms with Gasteiger partial charge in [0.2, 0.25) is 0 Å². The third-order valence-corrected chi connectivity index (χ3v) is 3.89. The van der Waals surface area contributed by atoms with Crippen LogP contribution in [0.1, 0.15) is 15.9 Å². The molecular weight excluding hydrogens is 288 g/mol. The summed E-state index contributed by atoms with van der Waals surface area (Å²) in [6.45, 7) is 0. The molecule has 3 rings (SSSR count). The number of fused-ring (bicyclic) bond motifs is 1. The van der Waals surface area contributed by atoms with Crippen LogP contribution in [0.4, 0.5) is 0 Å². The van der Waals surface area contributed by atoms with Crippen LogP contribution >= 0.6 is 0 Å². The molecule has 0 saturated heterocycles. The number of ether oxygens (including phenoxy) is 2. The number of carbonyl (C=O) groups excluding carboxylic acids is 1. The topological polar surface area (TPSA) is 35.5 Å². The molecule has 3 aromatic rings. The van der Waals surface area contributed by atoms with Crippen molar-refractivity contribution >= 4 is 16.6 Å². The Balaban J connectivity index is 1.82. The number of methoxy groups -OCH3 is 2. The fourth-order valence-corrected chi connectivity index (χ4v) is 2.56. The number of hydrogen-bond acceptors (Lipinski definition) is 3. The highest BCUT2D eigenvalue weighted by molar-refractivity contribution is 6.01. The van der Waals surface area contributed by atoms with Crippen LogP contribution in [0.25, 0.3) is 10.8 Å². The number of ketones is 1. The van der Waals surface area contributed by atoms with E-state index in [2.05, 4.69) is 0 Å². The lowest BCUT2D eigenvalue weighted by Gasteiger charge is -2.06. The summed E-state index contributed by atoms with van der Waals surface area (Å²) >= 11 is 0. The van der Waals surface area contributed by atoms with E-state index in [1.165, 1.54) is 0 Å². The molecule has 0 heterocycles. The van der Waals surface area contributed by atoms with Crippen molar-refractivity contribution in [2.75, 3.05) is 14.2 Å². The maximum atomic E-state index is 12.5. The molecule has 0 amide bonds. The summed E-state index contributed by atoms with van der Waals surface area (Å²) in [6, 6.07) is 19.2. The van der Waals surface area contributed by atoms with Crippen LogP contribution in [0, 0.1) is 0 Å². The first-order chi connectivity index (χ1) is 11.2. The minimum Gasteiger partial charge on any atom is -0.497 e. The van der Waals surface area contributed by atoms with Gasteiger partial charge in [0.25, 0.3) is 0 Å². The van der Waals surface area contributed by atoms with E-state index in [4.69, 9.17) is 9.47 Å². The third-order valence-electron chi connectivity index (χ3n) is 3.89. The molecular formula is C20H18O3. The quantitative estimate of drug-likeness (QED) is 0.660. The van der Waals surface area contributed by atoms with Gasteiger partial charge in [-0.1, -0.05) is 30.3 Å². The Kier molecular flexibility index (Phi) is 4.29. The van der Waals surface area contributed by atoms with Crippen LogP contribution in [0.3, 0.4) is 0 Å². The maximum Gasteiger partial charge on any atom is 0.167 e. The van der Waals surface area contributed by atoms with Gasteiger partial charge in [-0.25, -0.2) is 0 Å². The minimum absolute atomic E-state index is 0.105. The van der Waals surface area contributed by atoms with E-state index >= 15 is 0 Å². The number of carbonyl (C=O) groups is 1. The predicted molar refractivity (Wildman–Crippen MR) is 91.5 cm³/mol. The zero-order valence-electron chi connectivity index (χ0n) is 13.2. The average Bonchev–Trinajstić information content (AvgIpc) is 2.61. The lowest BCUT2D eigenvalue weighted by Crippen LogP contribution is -2.03. The van der Waals surface area contributed by atoms with E-state index < -0.39 is 0 Å². The van der Waals surface area contributed by atoms with Gasteiger partial charge in [0, 0.05) is 12.0 Å². The summed E-state index contributed by atoms with van der Waals surface area (Å²) in [5.74, 6) is 1.71. The third kappa shape index (κ3) is 3.34. The van der Waals surface area contributed by atoms with Crippen LogP contribution in [0.2, 0.25) is 0 Å². The van der Waals surface area contributed by atoms with Crippen molar-refractivity contribution in [1.29, 1.82) is 0 Å². The Hall–Kier alpha value is -2.81. The molecule has 0 N–H and O–H groups in total. The molecule has 0 spiro atoms. The largest absolute Gasteiger partial charge is 0.497 e. The Bertz CT molecular complexity index is 835. The normalized spacial score (nSPS) is 10.5. The molecule has 0 aliphatic carbocycles. The van der Waals surface area contributed by atoms with Crippen LogP contribution in [0.15, 0.2) is 60.7 Å². The number of Topliss-reactive ketones (excluding diaryl/α,β-unsaturated/α-hetero) is 1. The van der Waals surface area contributed by atoms with Crippen LogP contribution in [-0.2, 0) is 6.42 Å². The van der Waals surface area contributed by atoms with Crippen LogP contribution < -0.4 is 9.47 Å². The highest BCUT2D eigenvalue weighted by Gasteiger charge is 2.08. The molecule has 23 heavy (non-hydrogen) atoms. The molecule has 0 atom stereocenters. The lowest BCUT2D eigenvalue weighted by atomic mass is 10.00. The minimum atomic E-state index is 0.105. The van der Waals surface area contributed by atoms with Gasteiger partial charge in [0.1, 0.15) is 11.5 Å². The fourth-order valence-electron chi connectivity index (χ4n) is 2.56. The van der Waals surface area contributed by atoms with Crippen molar-refractivity contribution in [3.63, 3.8) is 0 Å². The van der Waals surface area contributed by atoms with E-state index in [0.717, 1.165) is 33.4 Å². The fraction of sp³-hybridized carbons (Fsp3) is 0.150. The predicted octanol–water partition coefficient (Wildman–Crippen LogP) is 4.28. The number of benzene rings is 3. The van der Waals surface area contributed by atoms with Gasteiger partial charge in [-0.05, 0) is 46.7 Å². The van der Waals surface area contributed by atoms with E-state index in [-0.39, 0.29) is 5.78 Å². The van der Waals surface area contributed by atoms with Gasteiger partial charge in [-0.2, -0.15) is 0 Å². The van der Waals surface area contributed by atoms with Crippen molar-refractivity contribution < 1.29 is 14.3 Å². The molecule has 3 aromatic carbocycles. The Morgan fingerprint density at radius 1 is 0.783 bits per heavy atom. The first-order valence-corrected chi connectivity index (χ1v) is 7.43. The zero-order chi connectivity index (χ0) is 16.2. The second-order valence-electron chi connectivity index (χ2n) is 5.38. The Morgan fingerprint density at radius 2 is 1.39 bits per heavy atom. The second-order valence-corrected chi connectivity index (χ2v) is 5.38. The average molecular weight is 306 g/mol. The molecule has 0 aliphatic heterocycles. The highest BCUT2D eigenvalue weighted by Crippen LogP contribution is 2.22. The summed E-state index contributed by atoms with van der Waals surface area (Å²) in [4.78, 5) is 12.5. The second kappa shape index (κ2) is 6.53. The first-order valence-electron chi connectivity index (χ1n) is 7.43. The van der Waals surface area contributed by atoms with Crippen molar-refractivity contribution in [3.8, 4) is 11.5 Å². The molecule has 0 aliphatic rings. The molecule has 0 saturated carbocycles. The SMILES string of the molecule is COc1ccc(CC(=O)c2ccc3cc(OC)ccc3c2)cc1. The standard InChI is InChI=1S/C20H18O3/c1-22-18-8-3-14(4-9-18)11-20(21)17-6-5-16-13-19(23-2)10-7-15(16)12-17/h3-10,12-13H,11H2,1-2H3. The molecule has 0 radical (unpaired) electrons. The first kappa shape index (κ1) is 15.1. The molecule has 0 bridgehead atoms. The molecule has 0 fully saturated rings. The van der Waals surface area contributed by atoms with Gasteiger partial charge in [0.05, 0.1) is 14.2 Å². The molecule has 0 unspecified atom stereocenters. The van der Waals surface area contributed by atoms with E-state index in [0.29, 0.717) is 6.42 Å². The van der Waals surface area contributed by atoms with Crippen molar-refractivity contribution in [3.05, 3.63) is 71.8 Å². The monoisotopic (exact) mass is 306 g/mol. The summed E-state index contributed by atoms with van der Waals surface area (Å²) in [5.41, 5.74) is 1.70. The van der Waals surface area contributed by atoms with Crippen molar-refractivity contribution in [2.24, 2.45) is 0 Å². The molecule has 0 aromatic heterocycles. The summed E-state index contributed by atoms with van der Waals surface area (Å²) in [5, 5.41) is 2.09. The summed E-state index contributed by atoms with van der Waals surface area (Å²) in [7, 11) is 3.28. The van der Waals surface area contributed by atoms with Crippen molar-refractivity contribution in [1.82, 2.24) is 0 Å². The van der Waals surface area contributed by atoms with Crippen LogP contribution in [-0.4, -0.2) is 20.0 Å². The van der Waals surface area contributed by atoms with E-state index in [9.17, 15) is 4.79 Å². The highest BCUT2D eigenvalue weighted by atomic mass is 16.5. The Morgan fingerprint density at radius 3 is 2.09 bits per heavy atom. The van der Waals surface area contributed by atoms with Crippen molar-refractivity contribution in [2.45, 2.75) is 6.42 Å². The van der Waals surface area contributed by atoms with E-state index in [1.54, 1.807) is 14.2 Å². The summed E-state index contributed by atoms with van der Waals surface area (Å²) in [6.07, 6.45) is 0.381. The van der Waals surface area contributed by atoms with Gasteiger partial charge in [-0.3, -0.25) is 4.79 Å².